The van der Waals surface area contributed by atoms with Gasteiger partial charge in [-0.1, -0.05) is 48.5 Å². The van der Waals surface area contributed by atoms with E-state index in [1.54, 1.807) is 41.9 Å². The fourth-order valence-corrected chi connectivity index (χ4v) is 4.52. The Bertz CT molecular complexity index is 1420. The lowest BCUT2D eigenvalue weighted by molar-refractivity contribution is 0.0698. The van der Waals surface area contributed by atoms with Crippen molar-refractivity contribution in [1.29, 1.82) is 0 Å². The maximum absolute atomic E-state index is 13.3. The second-order valence-corrected chi connectivity index (χ2v) is 8.36. The third-order valence-electron chi connectivity index (χ3n) is 6.23. The molecule has 2 heterocycles. The van der Waals surface area contributed by atoms with E-state index in [4.69, 9.17) is 4.98 Å². The highest BCUT2D eigenvalue weighted by molar-refractivity contribution is 5.94. The van der Waals surface area contributed by atoms with Gasteiger partial charge in [-0.05, 0) is 36.2 Å². The quantitative estimate of drug-likeness (QED) is 0.481. The number of rotatable bonds is 5. The van der Waals surface area contributed by atoms with Gasteiger partial charge in [0.15, 0.2) is 0 Å². The maximum Gasteiger partial charge on any atom is 0.337 e. The van der Waals surface area contributed by atoms with Crippen LogP contribution in [0.1, 0.15) is 40.0 Å². The van der Waals surface area contributed by atoms with E-state index in [0.717, 1.165) is 5.56 Å². The van der Waals surface area contributed by atoms with Crippen LogP contribution >= 0.6 is 0 Å². The number of benzene rings is 3. The molecule has 0 bridgehead atoms. The minimum atomic E-state index is -0.994. The molecule has 5 rings (SSSR count). The van der Waals surface area contributed by atoms with Crippen LogP contribution in [0.2, 0.25) is 0 Å². The second kappa shape index (κ2) is 8.09. The van der Waals surface area contributed by atoms with E-state index in [0.29, 0.717) is 35.6 Å². The number of carboxylic acid groups (broad SMARTS) is 1. The van der Waals surface area contributed by atoms with E-state index in [9.17, 15) is 14.7 Å². The van der Waals surface area contributed by atoms with Crippen LogP contribution in [0.3, 0.4) is 0 Å². The molecule has 0 spiro atoms. The zero-order chi connectivity index (χ0) is 23.1. The van der Waals surface area contributed by atoms with Gasteiger partial charge in [0.2, 0.25) is 5.95 Å². The summed E-state index contributed by atoms with van der Waals surface area (Å²) >= 11 is 0. The third kappa shape index (κ3) is 3.61. The predicted molar refractivity (Wildman–Crippen MR) is 129 cm³/mol. The van der Waals surface area contributed by atoms with Crippen molar-refractivity contribution in [3.05, 3.63) is 99.3 Å². The molecule has 0 aliphatic carbocycles. The van der Waals surface area contributed by atoms with Gasteiger partial charge in [0.1, 0.15) is 0 Å². The number of nitrogens with one attached hydrogen (secondary N) is 1. The zero-order valence-electron chi connectivity index (χ0n) is 18.4. The first-order valence-electron chi connectivity index (χ1n) is 10.8. The van der Waals surface area contributed by atoms with E-state index < -0.39 is 5.97 Å². The summed E-state index contributed by atoms with van der Waals surface area (Å²) in [4.78, 5) is 31.9. The van der Waals surface area contributed by atoms with Crippen molar-refractivity contribution in [3.63, 3.8) is 0 Å². The summed E-state index contributed by atoms with van der Waals surface area (Å²) in [6.07, 6.45) is 0. The van der Waals surface area contributed by atoms with Gasteiger partial charge in [-0.3, -0.25) is 9.36 Å². The highest BCUT2D eigenvalue weighted by Crippen LogP contribution is 2.30. The molecule has 0 saturated carbocycles. The standard InChI is InChI=1S/C26H24N4O3/c1-16(27-22-13-6-5-10-20(22)25(32)33)19-11-7-12-21-23(19)28-26(29(2)24(21)31)30-14-17-8-3-4-9-18(17)15-30/h3-13,16,27H,14-15H2,1-2H3,(H,32,33). The molecular formula is C26H24N4O3. The molecular weight excluding hydrogens is 416 g/mol. The maximum atomic E-state index is 13.3. The molecule has 7 nitrogen and oxygen atoms in total. The molecule has 166 valence electrons. The van der Waals surface area contributed by atoms with Gasteiger partial charge in [0, 0.05) is 31.4 Å². The Hall–Kier alpha value is -4.13. The number of carboxylic acids is 1. The molecule has 2 N–H and O–H groups in total. The highest BCUT2D eigenvalue weighted by Gasteiger charge is 2.24. The smallest absolute Gasteiger partial charge is 0.337 e. The Morgan fingerprint density at radius 2 is 1.67 bits per heavy atom. The SMILES string of the molecule is CC(Nc1ccccc1C(=O)O)c1cccc2c(=O)n(C)c(N3Cc4ccccc4C3)nc12. The average molecular weight is 441 g/mol. The van der Waals surface area contributed by atoms with Crippen LogP contribution in [-0.2, 0) is 20.1 Å². The summed E-state index contributed by atoms with van der Waals surface area (Å²) in [7, 11) is 1.75. The van der Waals surface area contributed by atoms with E-state index in [1.807, 2.05) is 31.2 Å². The van der Waals surface area contributed by atoms with Crippen molar-refractivity contribution in [3.8, 4) is 0 Å². The Balaban J connectivity index is 1.57. The van der Waals surface area contributed by atoms with Gasteiger partial charge in [-0.15, -0.1) is 0 Å². The fourth-order valence-electron chi connectivity index (χ4n) is 4.52. The van der Waals surface area contributed by atoms with Crippen LogP contribution in [0.5, 0.6) is 0 Å². The van der Waals surface area contributed by atoms with Gasteiger partial charge in [-0.25, -0.2) is 9.78 Å². The Morgan fingerprint density at radius 1 is 1.00 bits per heavy atom. The lowest BCUT2D eigenvalue weighted by Crippen LogP contribution is -2.28. The largest absolute Gasteiger partial charge is 0.478 e. The fraction of sp³-hybridized carbons (Fsp3) is 0.192. The van der Waals surface area contributed by atoms with Gasteiger partial charge in [-0.2, -0.15) is 0 Å². The number of anilines is 2. The van der Waals surface area contributed by atoms with Crippen molar-refractivity contribution in [1.82, 2.24) is 9.55 Å². The molecule has 1 aliphatic rings. The number of hydrogen-bond acceptors (Lipinski definition) is 5. The van der Waals surface area contributed by atoms with E-state index >= 15 is 0 Å². The molecule has 4 aromatic rings. The Morgan fingerprint density at radius 3 is 2.36 bits per heavy atom. The summed E-state index contributed by atoms with van der Waals surface area (Å²) in [5.74, 6) is -0.375. The number of fused-ring (bicyclic) bond motifs is 2. The zero-order valence-corrected chi connectivity index (χ0v) is 18.4. The molecule has 0 saturated heterocycles. The minimum Gasteiger partial charge on any atom is -0.478 e. The highest BCUT2D eigenvalue weighted by atomic mass is 16.4. The second-order valence-electron chi connectivity index (χ2n) is 8.36. The molecule has 3 aromatic carbocycles. The van der Waals surface area contributed by atoms with Crippen molar-refractivity contribution in [2.45, 2.75) is 26.1 Å². The Kier molecular flexibility index (Phi) is 5.09. The summed E-state index contributed by atoms with van der Waals surface area (Å²) in [5, 5.41) is 13.3. The first kappa shape index (κ1) is 20.8. The minimum absolute atomic E-state index is 0.106. The molecule has 0 fully saturated rings. The summed E-state index contributed by atoms with van der Waals surface area (Å²) < 4.78 is 1.61. The number of aromatic carboxylic acids is 1. The van der Waals surface area contributed by atoms with Crippen molar-refractivity contribution in [2.24, 2.45) is 7.05 Å². The number of para-hydroxylation sites is 2. The van der Waals surface area contributed by atoms with Gasteiger partial charge in [0.05, 0.1) is 22.5 Å². The van der Waals surface area contributed by atoms with Crippen LogP contribution < -0.4 is 15.8 Å². The molecule has 1 atom stereocenters. The number of hydrogen-bond donors (Lipinski definition) is 2. The van der Waals surface area contributed by atoms with E-state index in [-0.39, 0.29) is 17.2 Å². The molecule has 1 aromatic heterocycles. The molecule has 1 aliphatic heterocycles. The van der Waals surface area contributed by atoms with Crippen LogP contribution in [0.25, 0.3) is 10.9 Å². The number of carbonyl (C=O) groups is 1. The van der Waals surface area contributed by atoms with Crippen molar-refractivity contribution >= 4 is 28.5 Å². The van der Waals surface area contributed by atoms with Gasteiger partial charge in [0.25, 0.3) is 5.56 Å². The monoisotopic (exact) mass is 440 g/mol. The summed E-state index contributed by atoms with van der Waals surface area (Å²) in [6, 6.07) is 20.3. The topological polar surface area (TPSA) is 87.5 Å². The van der Waals surface area contributed by atoms with Gasteiger partial charge >= 0.3 is 5.97 Å². The third-order valence-corrected chi connectivity index (χ3v) is 6.23. The van der Waals surface area contributed by atoms with Crippen molar-refractivity contribution in [2.75, 3.05) is 10.2 Å². The predicted octanol–water partition coefficient (Wildman–Crippen LogP) is 4.33. The summed E-state index contributed by atoms with van der Waals surface area (Å²) in [6.45, 7) is 3.34. The van der Waals surface area contributed by atoms with E-state index in [2.05, 4.69) is 22.3 Å². The Labute approximate surface area is 190 Å². The molecule has 0 amide bonds. The molecule has 33 heavy (non-hydrogen) atoms. The first-order valence-corrected chi connectivity index (χ1v) is 10.8. The first-order chi connectivity index (χ1) is 15.9. The van der Waals surface area contributed by atoms with Crippen LogP contribution in [0, 0.1) is 0 Å². The van der Waals surface area contributed by atoms with Crippen LogP contribution in [-0.4, -0.2) is 20.6 Å². The molecule has 7 heteroatoms. The average Bonchev–Trinajstić information content (AvgIpc) is 3.25. The number of nitrogens with zero attached hydrogens (tertiary/aromatic N) is 3. The van der Waals surface area contributed by atoms with Crippen LogP contribution in [0.15, 0.2) is 71.5 Å². The molecule has 0 radical (unpaired) electrons. The lowest BCUT2D eigenvalue weighted by atomic mass is 10.0. The molecule has 1 unspecified atom stereocenters. The van der Waals surface area contributed by atoms with Crippen molar-refractivity contribution < 1.29 is 9.90 Å². The lowest BCUT2D eigenvalue weighted by Gasteiger charge is -2.22. The summed E-state index contributed by atoms with van der Waals surface area (Å²) in [5.41, 5.74) is 4.55. The normalized spacial score (nSPS) is 13.7. The van der Waals surface area contributed by atoms with Crippen LogP contribution in [0.4, 0.5) is 11.6 Å². The van der Waals surface area contributed by atoms with E-state index in [1.165, 1.54) is 11.1 Å². The number of aromatic nitrogens is 2. The van der Waals surface area contributed by atoms with Gasteiger partial charge < -0.3 is 15.3 Å².